The van der Waals surface area contributed by atoms with Crippen molar-refractivity contribution in [3.63, 3.8) is 0 Å². The van der Waals surface area contributed by atoms with E-state index < -0.39 is 0 Å². The number of fused-ring (bicyclic) bond motifs is 4. The third kappa shape index (κ3) is 3.48. The van der Waals surface area contributed by atoms with Crippen molar-refractivity contribution < 1.29 is 4.42 Å². The van der Waals surface area contributed by atoms with Crippen molar-refractivity contribution in [3.05, 3.63) is 134 Å². The summed E-state index contributed by atoms with van der Waals surface area (Å²) in [5, 5.41) is 2.39. The summed E-state index contributed by atoms with van der Waals surface area (Å²) in [5.41, 5.74) is 8.86. The van der Waals surface area contributed by atoms with Crippen LogP contribution in [0.4, 0.5) is 0 Å². The Morgan fingerprint density at radius 2 is 1.46 bits per heavy atom. The number of aromatic nitrogens is 4. The summed E-state index contributed by atoms with van der Waals surface area (Å²) in [4.78, 5) is 9.44. The van der Waals surface area contributed by atoms with Crippen molar-refractivity contribution >= 4 is 32.9 Å². The van der Waals surface area contributed by atoms with E-state index in [0.717, 1.165) is 50.3 Å². The molecule has 39 heavy (non-hydrogen) atoms. The number of nitrogens with zero attached hydrogens (tertiary/aromatic N) is 4. The van der Waals surface area contributed by atoms with Gasteiger partial charge in [-0.1, -0.05) is 48.5 Å². The number of rotatable bonds is 4. The summed E-state index contributed by atoms with van der Waals surface area (Å²) in [6, 6.07) is 39.6. The second kappa shape index (κ2) is 8.57. The van der Waals surface area contributed by atoms with Gasteiger partial charge in [0.05, 0.1) is 22.4 Å². The molecule has 4 heterocycles. The molecule has 8 aromatic rings. The molecule has 184 valence electrons. The molecule has 0 saturated heterocycles. The van der Waals surface area contributed by atoms with Crippen LogP contribution in [0.25, 0.3) is 67.0 Å². The maximum absolute atomic E-state index is 6.41. The van der Waals surface area contributed by atoms with Gasteiger partial charge in [-0.05, 0) is 66.7 Å². The first-order chi connectivity index (χ1) is 19.3. The molecule has 0 spiro atoms. The van der Waals surface area contributed by atoms with Crippen LogP contribution in [-0.2, 0) is 0 Å². The first-order valence-corrected chi connectivity index (χ1v) is 12.9. The molecule has 5 nitrogen and oxygen atoms in total. The van der Waals surface area contributed by atoms with E-state index in [0.29, 0.717) is 5.89 Å². The molecule has 8 rings (SSSR count). The van der Waals surface area contributed by atoms with Crippen molar-refractivity contribution in [2.75, 3.05) is 0 Å². The number of hydrogen-bond donors (Lipinski definition) is 0. The van der Waals surface area contributed by atoms with Crippen LogP contribution in [0.2, 0.25) is 0 Å². The number of para-hydroxylation sites is 2. The van der Waals surface area contributed by atoms with E-state index in [1.807, 2.05) is 71.7 Å². The summed E-state index contributed by atoms with van der Waals surface area (Å²) >= 11 is 0. The largest absolute Gasteiger partial charge is 0.434 e. The lowest BCUT2D eigenvalue weighted by Crippen LogP contribution is -1.95. The number of pyridine rings is 1. The molecule has 0 bridgehead atoms. The Morgan fingerprint density at radius 1 is 0.615 bits per heavy atom. The van der Waals surface area contributed by atoms with Crippen molar-refractivity contribution in [1.29, 1.82) is 0 Å². The highest BCUT2D eigenvalue weighted by Crippen LogP contribution is 2.36. The number of hydrogen-bond acceptors (Lipinski definition) is 3. The lowest BCUT2D eigenvalue weighted by Gasteiger charge is -2.10. The quantitative estimate of drug-likeness (QED) is 0.243. The lowest BCUT2D eigenvalue weighted by atomic mass is 10.1. The van der Waals surface area contributed by atoms with E-state index in [1.165, 1.54) is 10.8 Å². The first kappa shape index (κ1) is 21.6. The highest BCUT2D eigenvalue weighted by molar-refractivity contribution is 6.10. The monoisotopic (exact) mass is 502 g/mol. The minimum atomic E-state index is 0.602. The topological polar surface area (TPSA) is 48.8 Å². The Kier molecular flexibility index (Phi) is 4.76. The molecule has 0 aliphatic heterocycles. The van der Waals surface area contributed by atoms with Gasteiger partial charge in [-0.3, -0.25) is 4.98 Å². The Labute approximate surface area is 224 Å². The molecule has 0 aliphatic carbocycles. The lowest BCUT2D eigenvalue weighted by molar-refractivity contribution is 0.617. The van der Waals surface area contributed by atoms with Gasteiger partial charge in [0.1, 0.15) is 5.52 Å². The molecule has 4 aromatic heterocycles. The Balaban J connectivity index is 1.34. The van der Waals surface area contributed by atoms with Crippen LogP contribution in [-0.4, -0.2) is 19.1 Å². The zero-order chi connectivity index (χ0) is 25.8. The second-order valence-corrected chi connectivity index (χ2v) is 9.58. The predicted octanol–water partition coefficient (Wildman–Crippen LogP) is 8.44. The standard InChI is InChI=1S/C34H22N4O/c1-2-14-30-26(11-1)27-17-16-24(34-36-29-13-8-15-31(33(29)39-34)37-19-5-6-20-37)22-32(27)38(30)25-10-7-9-23(21-25)28-12-3-4-18-35-28/h1-22H. The average Bonchev–Trinajstić information content (AvgIpc) is 3.75. The summed E-state index contributed by atoms with van der Waals surface area (Å²) in [7, 11) is 0. The summed E-state index contributed by atoms with van der Waals surface area (Å²) < 4.78 is 10.8. The van der Waals surface area contributed by atoms with Gasteiger partial charge in [0.25, 0.3) is 0 Å². The van der Waals surface area contributed by atoms with Gasteiger partial charge in [-0.2, -0.15) is 0 Å². The maximum atomic E-state index is 6.41. The maximum Gasteiger partial charge on any atom is 0.227 e. The molecule has 0 atom stereocenters. The van der Waals surface area contributed by atoms with Crippen molar-refractivity contribution in [3.8, 4) is 34.1 Å². The zero-order valence-electron chi connectivity index (χ0n) is 20.9. The van der Waals surface area contributed by atoms with Crippen LogP contribution in [0.5, 0.6) is 0 Å². The Hall–Kier alpha value is -5.42. The highest BCUT2D eigenvalue weighted by Gasteiger charge is 2.17. The predicted molar refractivity (Wildman–Crippen MR) is 156 cm³/mol. The summed E-state index contributed by atoms with van der Waals surface area (Å²) in [6.45, 7) is 0. The molecule has 0 amide bonds. The van der Waals surface area contributed by atoms with Crippen LogP contribution in [0.15, 0.2) is 138 Å². The number of oxazole rings is 1. The Bertz CT molecular complexity index is 2120. The molecule has 0 fully saturated rings. The molecule has 0 saturated carbocycles. The third-order valence-corrected chi connectivity index (χ3v) is 7.26. The van der Waals surface area contributed by atoms with Gasteiger partial charge in [0, 0.05) is 46.2 Å². The van der Waals surface area contributed by atoms with Gasteiger partial charge < -0.3 is 13.6 Å². The van der Waals surface area contributed by atoms with Crippen molar-refractivity contribution in [2.45, 2.75) is 0 Å². The highest BCUT2D eigenvalue weighted by atomic mass is 16.3. The van der Waals surface area contributed by atoms with Gasteiger partial charge in [0.15, 0.2) is 5.58 Å². The summed E-state index contributed by atoms with van der Waals surface area (Å²) in [6.07, 6.45) is 5.86. The van der Waals surface area contributed by atoms with E-state index in [4.69, 9.17) is 9.40 Å². The second-order valence-electron chi connectivity index (χ2n) is 9.58. The van der Waals surface area contributed by atoms with Crippen LogP contribution >= 0.6 is 0 Å². The van der Waals surface area contributed by atoms with Gasteiger partial charge in [-0.25, -0.2) is 4.98 Å². The fourth-order valence-electron chi connectivity index (χ4n) is 5.48. The van der Waals surface area contributed by atoms with E-state index in [2.05, 4.69) is 76.3 Å². The van der Waals surface area contributed by atoms with Crippen molar-refractivity contribution in [2.24, 2.45) is 0 Å². The SMILES string of the molecule is c1ccc(-c2cccc(-n3c4ccccc4c4ccc(-c5nc6cccc(-n7cccc7)c6o5)cc43)c2)nc1. The van der Waals surface area contributed by atoms with Gasteiger partial charge >= 0.3 is 0 Å². The van der Waals surface area contributed by atoms with Gasteiger partial charge in [0.2, 0.25) is 5.89 Å². The average molecular weight is 503 g/mol. The molecular weight excluding hydrogens is 480 g/mol. The summed E-state index contributed by atoms with van der Waals surface area (Å²) in [5.74, 6) is 0.602. The smallest absolute Gasteiger partial charge is 0.227 e. The molecule has 0 radical (unpaired) electrons. The molecule has 0 N–H and O–H groups in total. The molecule has 0 aliphatic rings. The van der Waals surface area contributed by atoms with E-state index >= 15 is 0 Å². The van der Waals surface area contributed by atoms with Crippen LogP contribution in [0.3, 0.4) is 0 Å². The van der Waals surface area contributed by atoms with E-state index in [1.54, 1.807) is 0 Å². The minimum absolute atomic E-state index is 0.602. The molecule has 4 aromatic carbocycles. The third-order valence-electron chi connectivity index (χ3n) is 7.26. The van der Waals surface area contributed by atoms with Crippen molar-refractivity contribution in [1.82, 2.24) is 19.1 Å². The van der Waals surface area contributed by atoms with E-state index in [-0.39, 0.29) is 0 Å². The minimum Gasteiger partial charge on any atom is -0.434 e. The fourth-order valence-corrected chi connectivity index (χ4v) is 5.48. The van der Waals surface area contributed by atoms with E-state index in [9.17, 15) is 0 Å². The van der Waals surface area contributed by atoms with Gasteiger partial charge in [-0.15, -0.1) is 0 Å². The molecule has 0 unspecified atom stereocenters. The zero-order valence-corrected chi connectivity index (χ0v) is 20.9. The van der Waals surface area contributed by atoms with Crippen LogP contribution < -0.4 is 0 Å². The van der Waals surface area contributed by atoms with Crippen LogP contribution in [0.1, 0.15) is 0 Å². The normalized spacial score (nSPS) is 11.6. The van der Waals surface area contributed by atoms with Crippen LogP contribution in [0, 0.1) is 0 Å². The first-order valence-electron chi connectivity index (χ1n) is 12.9. The number of benzene rings is 4. The Morgan fingerprint density at radius 3 is 2.36 bits per heavy atom. The molecule has 5 heteroatoms. The molecular formula is C34H22N4O. The fraction of sp³-hybridized carbons (Fsp3) is 0.